The van der Waals surface area contributed by atoms with Crippen LogP contribution in [-0.4, -0.2) is 34.9 Å². The summed E-state index contributed by atoms with van der Waals surface area (Å²) in [6.07, 6.45) is 83.9. The van der Waals surface area contributed by atoms with E-state index in [1.54, 1.807) is 6.08 Å². The number of hydrogen-bond donors (Lipinski definition) is 3. The first-order valence-electron chi connectivity index (χ1n) is 32.6. The maximum Gasteiger partial charge on any atom is 0.220 e. The average Bonchev–Trinajstić information content (AvgIpc) is 3.36. The van der Waals surface area contributed by atoms with Crippen molar-refractivity contribution in [1.29, 1.82) is 0 Å². The smallest absolute Gasteiger partial charge is 0.220 e. The maximum absolute atomic E-state index is 12.5. The minimum absolute atomic E-state index is 0.0566. The summed E-state index contributed by atoms with van der Waals surface area (Å²) in [6, 6.07) is -0.620. The number of nitrogens with one attached hydrogen (secondary N) is 1. The molecule has 1 amide bonds. The van der Waals surface area contributed by atoms with E-state index in [2.05, 4.69) is 31.3 Å². The van der Waals surface area contributed by atoms with Gasteiger partial charge < -0.3 is 15.5 Å². The van der Waals surface area contributed by atoms with Crippen LogP contribution in [0.3, 0.4) is 0 Å². The third-order valence-corrected chi connectivity index (χ3v) is 15.4. The molecule has 0 rings (SSSR count). The van der Waals surface area contributed by atoms with Crippen molar-refractivity contribution >= 4 is 5.91 Å². The molecular weight excluding hydrogens is 855 g/mol. The molecule has 4 heteroatoms. The van der Waals surface area contributed by atoms with Gasteiger partial charge in [-0.05, 0) is 44.9 Å². The van der Waals surface area contributed by atoms with Crippen LogP contribution >= 0.6 is 0 Å². The molecule has 70 heavy (non-hydrogen) atoms. The summed E-state index contributed by atoms with van der Waals surface area (Å²) < 4.78 is 0. The zero-order valence-corrected chi connectivity index (χ0v) is 48.1. The Morgan fingerprint density at radius 2 is 0.543 bits per heavy atom. The van der Waals surface area contributed by atoms with Crippen LogP contribution in [0, 0.1) is 0 Å². The Kier molecular flexibility index (Phi) is 61.2. The van der Waals surface area contributed by atoms with Gasteiger partial charge in [0.1, 0.15) is 0 Å². The van der Waals surface area contributed by atoms with Gasteiger partial charge in [0, 0.05) is 6.42 Å². The predicted molar refractivity (Wildman–Crippen MR) is 313 cm³/mol. The zero-order valence-electron chi connectivity index (χ0n) is 48.1. The second-order valence-electron chi connectivity index (χ2n) is 22.5. The molecule has 0 heterocycles. The molecule has 0 radical (unpaired) electrons. The highest BCUT2D eigenvalue weighted by atomic mass is 16.3. The van der Waals surface area contributed by atoms with Crippen molar-refractivity contribution in [3.05, 3.63) is 24.3 Å². The fourth-order valence-corrected chi connectivity index (χ4v) is 10.5. The Morgan fingerprint density at radius 3 is 0.786 bits per heavy atom. The number of aliphatic hydroxyl groups is 2. The molecule has 416 valence electrons. The lowest BCUT2D eigenvalue weighted by Crippen LogP contribution is -2.45. The van der Waals surface area contributed by atoms with Crippen LogP contribution < -0.4 is 5.32 Å². The molecule has 0 saturated heterocycles. The highest BCUT2D eigenvalue weighted by Gasteiger charge is 2.18. The quantitative estimate of drug-likeness (QED) is 0.0420. The van der Waals surface area contributed by atoms with Gasteiger partial charge in [0.05, 0.1) is 18.8 Å². The summed E-state index contributed by atoms with van der Waals surface area (Å²) >= 11 is 0. The number of carbonyl (C=O) groups is 1. The molecule has 0 spiro atoms. The molecule has 0 aromatic rings. The molecule has 0 saturated carbocycles. The number of rotatable bonds is 61. The van der Waals surface area contributed by atoms with E-state index in [1.807, 2.05) is 6.08 Å². The van der Waals surface area contributed by atoms with Gasteiger partial charge in [0.25, 0.3) is 0 Å². The maximum atomic E-state index is 12.5. The molecule has 0 aliphatic rings. The Balaban J connectivity index is 3.39. The summed E-state index contributed by atoms with van der Waals surface area (Å²) in [6.45, 7) is 4.35. The molecule has 2 atom stereocenters. The molecule has 4 nitrogen and oxygen atoms in total. The van der Waals surface area contributed by atoms with Crippen LogP contribution in [0.2, 0.25) is 0 Å². The Labute approximate surface area is 440 Å². The van der Waals surface area contributed by atoms with Gasteiger partial charge in [-0.15, -0.1) is 0 Å². The van der Waals surface area contributed by atoms with Crippen molar-refractivity contribution in [2.45, 2.75) is 386 Å². The van der Waals surface area contributed by atoms with E-state index in [0.29, 0.717) is 6.42 Å². The van der Waals surface area contributed by atoms with Crippen LogP contribution in [0.25, 0.3) is 0 Å². The normalized spacial score (nSPS) is 12.8. The Hall–Kier alpha value is -1.13. The molecule has 0 bridgehead atoms. The van der Waals surface area contributed by atoms with Gasteiger partial charge in [0.15, 0.2) is 0 Å². The number of amides is 1. The van der Waals surface area contributed by atoms with Crippen LogP contribution in [0.1, 0.15) is 373 Å². The van der Waals surface area contributed by atoms with Gasteiger partial charge in [-0.25, -0.2) is 0 Å². The SMILES string of the molecule is CCCCCCCCCCCCCCCCCCC/C=C/C(O)C(CO)NC(=O)CCCCCCCCCCCCCCCCCCC/C=C\CCCCCCCCCCCCCCCCCCCC. The summed E-state index contributed by atoms with van der Waals surface area (Å²) in [7, 11) is 0. The van der Waals surface area contributed by atoms with E-state index in [0.717, 1.165) is 25.7 Å². The first-order chi connectivity index (χ1) is 34.7. The summed E-state index contributed by atoms with van der Waals surface area (Å²) in [5, 5.41) is 23.2. The summed E-state index contributed by atoms with van der Waals surface area (Å²) in [5.74, 6) is -0.0566. The van der Waals surface area contributed by atoms with Gasteiger partial charge in [0.2, 0.25) is 5.91 Å². The van der Waals surface area contributed by atoms with Crippen LogP contribution in [0.4, 0.5) is 0 Å². The topological polar surface area (TPSA) is 69.6 Å². The van der Waals surface area contributed by atoms with E-state index >= 15 is 0 Å². The standard InChI is InChI=1S/C66H129NO3/c1-3-5-7-9-11-13-15-17-19-21-23-24-25-26-27-28-29-30-31-32-33-34-35-36-37-38-39-40-41-42-44-46-48-50-52-54-56-58-60-62-66(70)67-64(63-68)65(69)61-59-57-55-53-51-49-47-45-43-22-20-18-16-14-12-10-8-6-4-2/h32-33,59,61,64-65,68-69H,3-31,34-58,60,62-63H2,1-2H3,(H,67,70)/b33-32-,61-59+. The van der Waals surface area contributed by atoms with E-state index in [1.165, 1.54) is 327 Å². The van der Waals surface area contributed by atoms with Gasteiger partial charge in [-0.1, -0.05) is 346 Å². The molecule has 2 unspecified atom stereocenters. The van der Waals surface area contributed by atoms with Crippen LogP contribution in [0.5, 0.6) is 0 Å². The van der Waals surface area contributed by atoms with Crippen LogP contribution in [-0.2, 0) is 4.79 Å². The van der Waals surface area contributed by atoms with E-state index in [4.69, 9.17) is 0 Å². The second-order valence-corrected chi connectivity index (χ2v) is 22.5. The predicted octanol–water partition coefficient (Wildman–Crippen LogP) is 21.8. The number of hydrogen-bond acceptors (Lipinski definition) is 3. The minimum atomic E-state index is -0.837. The minimum Gasteiger partial charge on any atom is -0.394 e. The van der Waals surface area contributed by atoms with Crippen molar-refractivity contribution in [2.24, 2.45) is 0 Å². The first-order valence-corrected chi connectivity index (χ1v) is 32.6. The van der Waals surface area contributed by atoms with Gasteiger partial charge in [-0.2, -0.15) is 0 Å². The van der Waals surface area contributed by atoms with Crippen molar-refractivity contribution in [3.8, 4) is 0 Å². The largest absolute Gasteiger partial charge is 0.394 e. The summed E-state index contributed by atoms with van der Waals surface area (Å²) in [5.41, 5.74) is 0. The Morgan fingerprint density at radius 1 is 0.329 bits per heavy atom. The number of carbonyl (C=O) groups excluding carboxylic acids is 1. The first kappa shape index (κ1) is 68.9. The van der Waals surface area contributed by atoms with Crippen LogP contribution in [0.15, 0.2) is 24.3 Å². The molecule has 3 N–H and O–H groups in total. The van der Waals surface area contributed by atoms with Gasteiger partial charge in [-0.3, -0.25) is 4.79 Å². The molecule has 0 aromatic heterocycles. The van der Waals surface area contributed by atoms with E-state index < -0.39 is 12.1 Å². The summed E-state index contributed by atoms with van der Waals surface area (Å²) in [4.78, 5) is 12.5. The number of aliphatic hydroxyl groups excluding tert-OH is 2. The van der Waals surface area contributed by atoms with Crippen molar-refractivity contribution in [1.82, 2.24) is 5.32 Å². The Bertz CT molecular complexity index is 1020. The lowest BCUT2D eigenvalue weighted by molar-refractivity contribution is -0.123. The van der Waals surface area contributed by atoms with E-state index in [-0.39, 0.29) is 12.5 Å². The van der Waals surface area contributed by atoms with Gasteiger partial charge >= 0.3 is 0 Å². The molecule has 0 aliphatic heterocycles. The fourth-order valence-electron chi connectivity index (χ4n) is 10.5. The highest BCUT2D eigenvalue weighted by Crippen LogP contribution is 2.18. The zero-order chi connectivity index (χ0) is 50.6. The van der Waals surface area contributed by atoms with E-state index in [9.17, 15) is 15.0 Å². The average molecular weight is 985 g/mol. The molecule has 0 aromatic carbocycles. The fraction of sp³-hybridized carbons (Fsp3) is 0.924. The third-order valence-electron chi connectivity index (χ3n) is 15.4. The molecule has 0 fully saturated rings. The molecular formula is C66H129NO3. The van der Waals surface area contributed by atoms with Crippen molar-refractivity contribution in [2.75, 3.05) is 6.61 Å². The molecule has 0 aliphatic carbocycles. The lowest BCUT2D eigenvalue weighted by atomic mass is 10.0. The highest BCUT2D eigenvalue weighted by molar-refractivity contribution is 5.76. The van der Waals surface area contributed by atoms with Crippen molar-refractivity contribution < 1.29 is 15.0 Å². The van der Waals surface area contributed by atoms with Crippen molar-refractivity contribution in [3.63, 3.8) is 0 Å². The lowest BCUT2D eigenvalue weighted by Gasteiger charge is -2.20. The number of unbranched alkanes of at least 4 members (excludes halogenated alkanes) is 52. The monoisotopic (exact) mass is 984 g/mol. The third kappa shape index (κ3) is 57.8. The number of allylic oxidation sites excluding steroid dienone is 3. The second kappa shape index (κ2) is 62.2.